The molecule has 4 rings (SSSR count). The van der Waals surface area contributed by atoms with Gasteiger partial charge in [-0.15, -0.1) is 0 Å². The summed E-state index contributed by atoms with van der Waals surface area (Å²) in [7, 11) is 0. The molecule has 128 valence electrons. The number of aromatic nitrogens is 1. The SMILES string of the molecule is O=C(CC[C@H]1CCCO1)N1CCCC[C@H]1c1cc2ccccc2[nH]1. The summed E-state index contributed by atoms with van der Waals surface area (Å²) in [6.45, 7) is 1.74. The van der Waals surface area contributed by atoms with Gasteiger partial charge in [0.1, 0.15) is 0 Å². The molecule has 4 heteroatoms. The Hall–Kier alpha value is -1.81. The summed E-state index contributed by atoms with van der Waals surface area (Å²) in [5, 5.41) is 1.23. The Balaban J connectivity index is 1.48. The van der Waals surface area contributed by atoms with Crippen LogP contribution in [0.15, 0.2) is 30.3 Å². The molecule has 3 heterocycles. The minimum Gasteiger partial charge on any atom is -0.378 e. The van der Waals surface area contributed by atoms with Gasteiger partial charge in [-0.05, 0) is 56.0 Å². The van der Waals surface area contributed by atoms with Gasteiger partial charge in [0.2, 0.25) is 5.91 Å². The summed E-state index contributed by atoms with van der Waals surface area (Å²) in [5.41, 5.74) is 2.34. The number of nitrogens with zero attached hydrogens (tertiary/aromatic N) is 1. The van der Waals surface area contributed by atoms with Crippen LogP contribution in [-0.2, 0) is 9.53 Å². The van der Waals surface area contributed by atoms with Crippen LogP contribution in [0.2, 0.25) is 0 Å². The van der Waals surface area contributed by atoms with E-state index in [0.29, 0.717) is 12.5 Å². The highest BCUT2D eigenvalue weighted by Gasteiger charge is 2.29. The number of likely N-dealkylation sites (tertiary alicyclic amines) is 1. The largest absolute Gasteiger partial charge is 0.378 e. The van der Waals surface area contributed by atoms with E-state index in [1.807, 2.05) is 6.07 Å². The molecule has 24 heavy (non-hydrogen) atoms. The summed E-state index contributed by atoms with van der Waals surface area (Å²) in [4.78, 5) is 18.4. The zero-order valence-electron chi connectivity index (χ0n) is 14.2. The van der Waals surface area contributed by atoms with Crippen LogP contribution in [0.3, 0.4) is 0 Å². The van der Waals surface area contributed by atoms with Crippen molar-refractivity contribution in [3.05, 3.63) is 36.0 Å². The molecule has 0 spiro atoms. The van der Waals surface area contributed by atoms with Crippen LogP contribution in [-0.4, -0.2) is 35.0 Å². The van der Waals surface area contributed by atoms with Gasteiger partial charge < -0.3 is 14.6 Å². The molecule has 1 aromatic heterocycles. The number of H-pyrrole nitrogens is 1. The second-order valence-electron chi connectivity index (χ2n) is 7.08. The molecule has 2 atom stereocenters. The first kappa shape index (κ1) is 15.7. The van der Waals surface area contributed by atoms with E-state index in [1.54, 1.807) is 0 Å². The minimum absolute atomic E-state index is 0.197. The topological polar surface area (TPSA) is 45.3 Å². The maximum atomic E-state index is 12.8. The van der Waals surface area contributed by atoms with Crippen molar-refractivity contribution in [1.29, 1.82) is 0 Å². The van der Waals surface area contributed by atoms with E-state index >= 15 is 0 Å². The first-order valence-corrected chi connectivity index (χ1v) is 9.30. The summed E-state index contributed by atoms with van der Waals surface area (Å²) >= 11 is 0. The van der Waals surface area contributed by atoms with Crippen LogP contribution in [0.25, 0.3) is 10.9 Å². The lowest BCUT2D eigenvalue weighted by Crippen LogP contribution is -2.38. The molecule has 1 N–H and O–H groups in total. The predicted molar refractivity (Wildman–Crippen MR) is 94.8 cm³/mol. The maximum Gasteiger partial charge on any atom is 0.223 e. The van der Waals surface area contributed by atoms with E-state index in [0.717, 1.165) is 50.8 Å². The average Bonchev–Trinajstić information content (AvgIpc) is 3.29. The van der Waals surface area contributed by atoms with Crippen molar-refractivity contribution < 1.29 is 9.53 Å². The number of benzene rings is 1. The van der Waals surface area contributed by atoms with Crippen molar-refractivity contribution in [3.8, 4) is 0 Å². The lowest BCUT2D eigenvalue weighted by atomic mass is 9.98. The van der Waals surface area contributed by atoms with E-state index in [9.17, 15) is 4.79 Å². The molecule has 1 amide bonds. The Morgan fingerprint density at radius 3 is 2.96 bits per heavy atom. The van der Waals surface area contributed by atoms with Crippen molar-refractivity contribution in [2.75, 3.05) is 13.2 Å². The number of aromatic amines is 1. The molecule has 2 aliphatic rings. The molecule has 2 aromatic rings. The van der Waals surface area contributed by atoms with Crippen molar-refractivity contribution in [2.45, 2.75) is 57.1 Å². The number of hydrogen-bond acceptors (Lipinski definition) is 2. The molecular weight excluding hydrogens is 300 g/mol. The molecule has 4 nitrogen and oxygen atoms in total. The number of amides is 1. The van der Waals surface area contributed by atoms with Crippen LogP contribution < -0.4 is 0 Å². The first-order valence-electron chi connectivity index (χ1n) is 9.30. The highest BCUT2D eigenvalue weighted by Crippen LogP contribution is 2.33. The Morgan fingerprint density at radius 2 is 2.12 bits per heavy atom. The fraction of sp³-hybridized carbons (Fsp3) is 0.550. The molecule has 0 saturated carbocycles. The normalized spacial score (nSPS) is 24.6. The summed E-state index contributed by atoms with van der Waals surface area (Å²) < 4.78 is 5.67. The van der Waals surface area contributed by atoms with E-state index in [-0.39, 0.29) is 11.9 Å². The third kappa shape index (κ3) is 3.20. The third-order valence-electron chi connectivity index (χ3n) is 5.44. The highest BCUT2D eigenvalue weighted by atomic mass is 16.5. The fourth-order valence-corrected chi connectivity index (χ4v) is 4.13. The minimum atomic E-state index is 0.197. The lowest BCUT2D eigenvalue weighted by molar-refractivity contribution is -0.135. The number of para-hydroxylation sites is 1. The van der Waals surface area contributed by atoms with Gasteiger partial charge in [-0.3, -0.25) is 4.79 Å². The Kier molecular flexibility index (Phi) is 4.56. The number of hydrogen-bond donors (Lipinski definition) is 1. The van der Waals surface area contributed by atoms with Gasteiger partial charge in [-0.2, -0.15) is 0 Å². The molecule has 0 aliphatic carbocycles. The molecule has 1 aromatic carbocycles. The van der Waals surface area contributed by atoms with Gasteiger partial charge in [0, 0.05) is 30.8 Å². The molecule has 0 unspecified atom stereocenters. The zero-order valence-corrected chi connectivity index (χ0v) is 14.2. The van der Waals surface area contributed by atoms with Gasteiger partial charge in [0.15, 0.2) is 0 Å². The van der Waals surface area contributed by atoms with Crippen molar-refractivity contribution >= 4 is 16.8 Å². The van der Waals surface area contributed by atoms with Gasteiger partial charge in [0.05, 0.1) is 12.1 Å². The van der Waals surface area contributed by atoms with E-state index in [1.165, 1.54) is 17.5 Å². The van der Waals surface area contributed by atoms with Crippen molar-refractivity contribution in [1.82, 2.24) is 9.88 Å². The quantitative estimate of drug-likeness (QED) is 0.916. The van der Waals surface area contributed by atoms with Gasteiger partial charge in [-0.1, -0.05) is 18.2 Å². The number of nitrogens with one attached hydrogen (secondary N) is 1. The number of carbonyl (C=O) groups excluding carboxylic acids is 1. The number of ether oxygens (including phenoxy) is 1. The Bertz CT molecular complexity index is 669. The molecule has 0 bridgehead atoms. The fourth-order valence-electron chi connectivity index (χ4n) is 4.13. The smallest absolute Gasteiger partial charge is 0.223 e. The predicted octanol–water partition coefficient (Wildman–Crippen LogP) is 4.18. The average molecular weight is 326 g/mol. The van der Waals surface area contributed by atoms with Crippen LogP contribution in [0.4, 0.5) is 0 Å². The number of carbonyl (C=O) groups is 1. The third-order valence-corrected chi connectivity index (χ3v) is 5.44. The second kappa shape index (κ2) is 6.98. The van der Waals surface area contributed by atoms with Gasteiger partial charge >= 0.3 is 0 Å². The highest BCUT2D eigenvalue weighted by molar-refractivity contribution is 5.81. The van der Waals surface area contributed by atoms with E-state index in [4.69, 9.17) is 4.74 Å². The summed E-state index contributed by atoms with van der Waals surface area (Å²) in [6.07, 6.45) is 7.39. The van der Waals surface area contributed by atoms with Crippen LogP contribution in [0.5, 0.6) is 0 Å². The molecule has 2 saturated heterocycles. The maximum absolute atomic E-state index is 12.8. The molecule has 0 radical (unpaired) electrons. The van der Waals surface area contributed by atoms with Crippen LogP contribution in [0.1, 0.15) is 56.7 Å². The molecule has 2 aliphatic heterocycles. The van der Waals surface area contributed by atoms with Crippen molar-refractivity contribution in [2.24, 2.45) is 0 Å². The summed E-state index contributed by atoms with van der Waals surface area (Å²) in [5.74, 6) is 0.286. The summed E-state index contributed by atoms with van der Waals surface area (Å²) in [6, 6.07) is 10.8. The standard InChI is InChI=1S/C20H26N2O2/c23-20(11-10-16-7-5-13-24-16)22-12-4-3-9-19(22)18-14-15-6-1-2-8-17(15)21-18/h1-2,6,8,14,16,19,21H,3-5,7,9-13H2/t16-,19+/m1/s1. The number of piperidine rings is 1. The first-order chi connectivity index (χ1) is 11.8. The van der Waals surface area contributed by atoms with E-state index in [2.05, 4.69) is 34.1 Å². The van der Waals surface area contributed by atoms with Crippen LogP contribution in [0, 0.1) is 0 Å². The van der Waals surface area contributed by atoms with Crippen LogP contribution >= 0.6 is 0 Å². The van der Waals surface area contributed by atoms with E-state index < -0.39 is 0 Å². The Morgan fingerprint density at radius 1 is 1.21 bits per heavy atom. The lowest BCUT2D eigenvalue weighted by Gasteiger charge is -2.35. The zero-order chi connectivity index (χ0) is 16.4. The number of fused-ring (bicyclic) bond motifs is 1. The molecule has 2 fully saturated rings. The second-order valence-corrected chi connectivity index (χ2v) is 7.08. The monoisotopic (exact) mass is 326 g/mol. The van der Waals surface area contributed by atoms with Gasteiger partial charge in [-0.25, -0.2) is 0 Å². The van der Waals surface area contributed by atoms with Crippen molar-refractivity contribution in [3.63, 3.8) is 0 Å². The van der Waals surface area contributed by atoms with Gasteiger partial charge in [0.25, 0.3) is 0 Å². The molecular formula is C20H26N2O2. The Labute approximate surface area is 143 Å². The number of rotatable bonds is 4.